The van der Waals surface area contributed by atoms with Crippen molar-refractivity contribution in [2.45, 2.75) is 13.8 Å². The third-order valence-corrected chi connectivity index (χ3v) is 2.89. The van der Waals surface area contributed by atoms with Crippen molar-refractivity contribution in [3.8, 4) is 0 Å². The average molecular weight is 269 g/mol. The molecule has 1 aromatic carbocycles. The Balaban J connectivity index is 2.01. The molecule has 0 fully saturated rings. The number of hydrogen-bond acceptors (Lipinski definition) is 3. The molecule has 0 unspecified atom stereocenters. The van der Waals surface area contributed by atoms with E-state index in [4.69, 9.17) is 0 Å². The molecule has 2 aromatic rings. The minimum atomic E-state index is -0.726. The van der Waals surface area contributed by atoms with E-state index in [2.05, 4.69) is 15.6 Å². The second-order valence-electron chi connectivity index (χ2n) is 4.45. The van der Waals surface area contributed by atoms with Crippen LogP contribution in [0.4, 0.5) is 11.4 Å². The summed E-state index contributed by atoms with van der Waals surface area (Å²) in [4.78, 5) is 27.3. The fourth-order valence-electron chi connectivity index (χ4n) is 1.63. The number of aromatic nitrogens is 1. The predicted octanol–water partition coefficient (Wildman–Crippen LogP) is 2.28. The quantitative estimate of drug-likeness (QED) is 0.822. The van der Waals surface area contributed by atoms with Crippen LogP contribution in [0.5, 0.6) is 0 Å². The summed E-state index contributed by atoms with van der Waals surface area (Å²) in [7, 11) is 0. The Hall–Kier alpha value is -2.69. The minimum absolute atomic E-state index is 0.479. The van der Waals surface area contributed by atoms with E-state index in [1.807, 2.05) is 26.0 Å². The van der Waals surface area contributed by atoms with Crippen molar-refractivity contribution < 1.29 is 9.59 Å². The van der Waals surface area contributed by atoms with Gasteiger partial charge in [-0.15, -0.1) is 0 Å². The summed E-state index contributed by atoms with van der Waals surface area (Å²) in [5.41, 5.74) is 3.26. The topological polar surface area (TPSA) is 71.1 Å². The standard InChI is InChI=1S/C15H15N3O2/c1-10-5-6-12(8-11(10)2)17-14(19)15(20)18-13-4-3-7-16-9-13/h3-9H,1-2H3,(H,17,19)(H,18,20). The number of hydrogen-bond donors (Lipinski definition) is 2. The van der Waals surface area contributed by atoms with Crippen molar-refractivity contribution in [1.29, 1.82) is 0 Å². The highest BCUT2D eigenvalue weighted by molar-refractivity contribution is 6.43. The zero-order chi connectivity index (χ0) is 14.5. The zero-order valence-corrected chi connectivity index (χ0v) is 11.3. The van der Waals surface area contributed by atoms with Gasteiger partial charge in [0.2, 0.25) is 0 Å². The lowest BCUT2D eigenvalue weighted by molar-refractivity contribution is -0.133. The van der Waals surface area contributed by atoms with Crippen LogP contribution in [0.1, 0.15) is 11.1 Å². The fraction of sp³-hybridized carbons (Fsp3) is 0.133. The highest BCUT2D eigenvalue weighted by Gasteiger charge is 2.14. The molecule has 2 N–H and O–H groups in total. The number of rotatable bonds is 2. The molecule has 1 heterocycles. The number of nitrogens with one attached hydrogen (secondary N) is 2. The maximum absolute atomic E-state index is 11.8. The highest BCUT2D eigenvalue weighted by Crippen LogP contribution is 2.14. The summed E-state index contributed by atoms with van der Waals surface area (Å²) in [6, 6.07) is 8.82. The van der Waals surface area contributed by atoms with Gasteiger partial charge in [0.05, 0.1) is 11.9 Å². The largest absolute Gasteiger partial charge is 0.318 e. The molecule has 2 rings (SSSR count). The second kappa shape index (κ2) is 5.97. The van der Waals surface area contributed by atoms with Crippen molar-refractivity contribution in [3.63, 3.8) is 0 Å². The third-order valence-electron chi connectivity index (χ3n) is 2.89. The Kier molecular flexibility index (Phi) is 4.10. The number of aryl methyl sites for hydroxylation is 2. The summed E-state index contributed by atoms with van der Waals surface area (Å²) in [6.07, 6.45) is 3.06. The summed E-state index contributed by atoms with van der Waals surface area (Å²) >= 11 is 0. The summed E-state index contributed by atoms with van der Waals surface area (Å²) in [5, 5.41) is 5.03. The molecule has 0 aliphatic carbocycles. The van der Waals surface area contributed by atoms with Crippen molar-refractivity contribution >= 4 is 23.2 Å². The molecule has 5 heteroatoms. The number of carbonyl (C=O) groups excluding carboxylic acids is 2. The van der Waals surface area contributed by atoms with Crippen LogP contribution in [-0.4, -0.2) is 16.8 Å². The molecular weight excluding hydrogens is 254 g/mol. The number of nitrogens with zero attached hydrogens (tertiary/aromatic N) is 1. The van der Waals surface area contributed by atoms with Gasteiger partial charge >= 0.3 is 11.8 Å². The maximum atomic E-state index is 11.8. The van der Waals surface area contributed by atoms with Gasteiger partial charge in [-0.2, -0.15) is 0 Å². The molecular formula is C15H15N3O2. The molecule has 2 amide bonds. The number of anilines is 2. The van der Waals surface area contributed by atoms with Gasteiger partial charge in [-0.25, -0.2) is 0 Å². The first kappa shape index (κ1) is 13.7. The Morgan fingerprint density at radius 1 is 0.950 bits per heavy atom. The van der Waals surface area contributed by atoms with Gasteiger partial charge in [-0.1, -0.05) is 6.07 Å². The molecule has 0 aliphatic heterocycles. The van der Waals surface area contributed by atoms with Gasteiger partial charge in [-0.05, 0) is 49.2 Å². The first-order valence-corrected chi connectivity index (χ1v) is 6.16. The molecule has 20 heavy (non-hydrogen) atoms. The van der Waals surface area contributed by atoms with Crippen LogP contribution in [0.25, 0.3) is 0 Å². The van der Waals surface area contributed by atoms with E-state index in [1.165, 1.54) is 6.20 Å². The first-order valence-electron chi connectivity index (χ1n) is 6.16. The SMILES string of the molecule is Cc1ccc(NC(=O)C(=O)Nc2cccnc2)cc1C. The van der Waals surface area contributed by atoms with Crippen molar-refractivity contribution in [1.82, 2.24) is 4.98 Å². The van der Waals surface area contributed by atoms with Gasteiger partial charge in [0.25, 0.3) is 0 Å². The molecule has 0 saturated carbocycles. The van der Waals surface area contributed by atoms with E-state index < -0.39 is 11.8 Å². The van der Waals surface area contributed by atoms with E-state index >= 15 is 0 Å². The van der Waals surface area contributed by atoms with E-state index in [9.17, 15) is 9.59 Å². The molecule has 1 aromatic heterocycles. The van der Waals surface area contributed by atoms with Crippen molar-refractivity contribution in [2.24, 2.45) is 0 Å². The van der Waals surface area contributed by atoms with Crippen LogP contribution >= 0.6 is 0 Å². The molecule has 0 saturated heterocycles. The van der Waals surface area contributed by atoms with Crippen LogP contribution in [-0.2, 0) is 9.59 Å². The fourth-order valence-corrected chi connectivity index (χ4v) is 1.63. The van der Waals surface area contributed by atoms with E-state index in [0.717, 1.165) is 11.1 Å². The Morgan fingerprint density at radius 2 is 1.65 bits per heavy atom. The number of amides is 2. The average Bonchev–Trinajstić information content (AvgIpc) is 2.44. The smallest absolute Gasteiger partial charge is 0.314 e. The van der Waals surface area contributed by atoms with Crippen LogP contribution in [0, 0.1) is 13.8 Å². The second-order valence-corrected chi connectivity index (χ2v) is 4.45. The molecule has 102 valence electrons. The maximum Gasteiger partial charge on any atom is 0.314 e. The molecule has 5 nitrogen and oxygen atoms in total. The van der Waals surface area contributed by atoms with Gasteiger partial charge < -0.3 is 10.6 Å². The van der Waals surface area contributed by atoms with Crippen molar-refractivity contribution in [2.75, 3.05) is 10.6 Å². The van der Waals surface area contributed by atoms with E-state index in [1.54, 1.807) is 24.4 Å². The summed E-state index contributed by atoms with van der Waals surface area (Å²) < 4.78 is 0. The van der Waals surface area contributed by atoms with E-state index in [-0.39, 0.29) is 0 Å². The molecule has 0 atom stereocenters. The van der Waals surface area contributed by atoms with E-state index in [0.29, 0.717) is 11.4 Å². The van der Waals surface area contributed by atoms with Gasteiger partial charge in [0.15, 0.2) is 0 Å². The predicted molar refractivity (Wildman–Crippen MR) is 77.4 cm³/mol. The number of carbonyl (C=O) groups is 2. The molecule has 0 bridgehead atoms. The van der Waals surface area contributed by atoms with Crippen LogP contribution in [0.2, 0.25) is 0 Å². The minimum Gasteiger partial charge on any atom is -0.318 e. The van der Waals surface area contributed by atoms with Crippen molar-refractivity contribution in [3.05, 3.63) is 53.9 Å². The Labute approximate surface area is 117 Å². The lowest BCUT2D eigenvalue weighted by atomic mass is 10.1. The summed E-state index contributed by atoms with van der Waals surface area (Å²) in [6.45, 7) is 3.93. The normalized spacial score (nSPS) is 9.90. The van der Waals surface area contributed by atoms with Crippen LogP contribution < -0.4 is 10.6 Å². The van der Waals surface area contributed by atoms with Gasteiger partial charge in [-0.3, -0.25) is 14.6 Å². The lowest BCUT2D eigenvalue weighted by Gasteiger charge is -2.08. The number of pyridine rings is 1. The van der Waals surface area contributed by atoms with Crippen LogP contribution in [0.3, 0.4) is 0 Å². The Morgan fingerprint density at radius 3 is 2.25 bits per heavy atom. The monoisotopic (exact) mass is 269 g/mol. The zero-order valence-electron chi connectivity index (χ0n) is 11.3. The van der Waals surface area contributed by atoms with Gasteiger partial charge in [0, 0.05) is 11.9 Å². The molecule has 0 radical (unpaired) electrons. The third kappa shape index (κ3) is 3.41. The van der Waals surface area contributed by atoms with Crippen LogP contribution in [0.15, 0.2) is 42.7 Å². The lowest BCUT2D eigenvalue weighted by Crippen LogP contribution is -2.29. The number of benzene rings is 1. The summed E-state index contributed by atoms with van der Waals surface area (Å²) in [5.74, 6) is -1.44. The molecule has 0 aliphatic rings. The Bertz CT molecular complexity index is 639. The first-order chi connectivity index (χ1) is 9.56. The highest BCUT2D eigenvalue weighted by atomic mass is 16.2. The van der Waals surface area contributed by atoms with Gasteiger partial charge in [0.1, 0.15) is 0 Å². The molecule has 0 spiro atoms.